The minimum Gasteiger partial charge on any atom is -0.455 e. The van der Waals surface area contributed by atoms with Crippen LogP contribution in [0.2, 0.25) is 0 Å². The van der Waals surface area contributed by atoms with Gasteiger partial charge in [0.25, 0.3) is 0 Å². The molecular formula is C20H19FN2O4. The van der Waals surface area contributed by atoms with E-state index in [4.69, 9.17) is 9.47 Å². The van der Waals surface area contributed by atoms with Gasteiger partial charge in [-0.3, -0.25) is 0 Å². The van der Waals surface area contributed by atoms with Crippen LogP contribution >= 0.6 is 0 Å². The number of fused-ring (bicyclic) bond motifs is 1. The summed E-state index contributed by atoms with van der Waals surface area (Å²) in [5.74, 6) is -0.881. The van der Waals surface area contributed by atoms with E-state index in [1.807, 2.05) is 0 Å². The van der Waals surface area contributed by atoms with Crippen molar-refractivity contribution in [2.75, 3.05) is 0 Å². The number of para-hydroxylation sites is 1. The van der Waals surface area contributed by atoms with Gasteiger partial charge in [-0.15, -0.1) is 0 Å². The van der Waals surface area contributed by atoms with E-state index < -0.39 is 29.5 Å². The lowest BCUT2D eigenvalue weighted by Gasteiger charge is -2.22. The molecule has 1 aliphatic heterocycles. The van der Waals surface area contributed by atoms with Gasteiger partial charge in [0, 0.05) is 5.56 Å². The highest BCUT2D eigenvalue weighted by molar-refractivity contribution is 6.40. The van der Waals surface area contributed by atoms with Crippen LogP contribution in [-0.4, -0.2) is 23.4 Å². The minimum atomic E-state index is -0.802. The Hall–Kier alpha value is -3.22. The molecule has 27 heavy (non-hydrogen) atoms. The van der Waals surface area contributed by atoms with Crippen LogP contribution in [0.1, 0.15) is 32.4 Å². The predicted octanol–water partition coefficient (Wildman–Crippen LogP) is 4.08. The Kier molecular flexibility index (Phi) is 4.94. The number of ether oxygens (including phenoxy) is 2. The van der Waals surface area contributed by atoms with Crippen molar-refractivity contribution < 1.29 is 23.5 Å². The van der Waals surface area contributed by atoms with E-state index in [1.165, 1.54) is 24.3 Å². The van der Waals surface area contributed by atoms with Crippen molar-refractivity contribution in [2.24, 2.45) is 4.99 Å². The Morgan fingerprint density at radius 1 is 1.07 bits per heavy atom. The number of aliphatic imine (C=N–C) groups is 1. The molecule has 0 saturated carbocycles. The van der Waals surface area contributed by atoms with E-state index in [9.17, 15) is 14.0 Å². The normalized spacial score (nSPS) is 15.6. The van der Waals surface area contributed by atoms with Crippen molar-refractivity contribution in [2.45, 2.75) is 32.4 Å². The van der Waals surface area contributed by atoms with Crippen LogP contribution in [0.4, 0.5) is 14.9 Å². The molecule has 6 nitrogen and oxygen atoms in total. The summed E-state index contributed by atoms with van der Waals surface area (Å²) in [7, 11) is 0. The molecular weight excluding hydrogens is 351 g/mol. The summed E-state index contributed by atoms with van der Waals surface area (Å²) < 4.78 is 23.5. The third-order valence-electron chi connectivity index (χ3n) is 3.66. The lowest BCUT2D eigenvalue weighted by Crippen LogP contribution is -2.39. The Balaban J connectivity index is 1.80. The lowest BCUT2D eigenvalue weighted by atomic mass is 10.0. The van der Waals surface area contributed by atoms with Crippen LogP contribution in [0.25, 0.3) is 0 Å². The minimum absolute atomic E-state index is 0.0715. The summed E-state index contributed by atoms with van der Waals surface area (Å²) >= 11 is 0. The number of nitrogens with one attached hydrogen (secondary N) is 1. The summed E-state index contributed by atoms with van der Waals surface area (Å²) in [5, 5.41) is 2.63. The quantitative estimate of drug-likeness (QED) is 0.826. The SMILES string of the molecule is CC(C)(C)OC(=O)C1=Nc2ccccc2C1NC(=O)Oc1ccc(F)cc1. The van der Waals surface area contributed by atoms with Crippen LogP contribution in [0.15, 0.2) is 53.5 Å². The number of halogens is 1. The summed E-state index contributed by atoms with van der Waals surface area (Å²) in [6.45, 7) is 5.25. The molecule has 2 aromatic carbocycles. The zero-order valence-electron chi connectivity index (χ0n) is 15.2. The van der Waals surface area contributed by atoms with Gasteiger partial charge >= 0.3 is 12.1 Å². The highest BCUT2D eigenvalue weighted by Crippen LogP contribution is 2.34. The van der Waals surface area contributed by atoms with Gasteiger partial charge in [-0.05, 0) is 51.1 Å². The molecule has 1 unspecified atom stereocenters. The maximum atomic E-state index is 13.0. The summed E-state index contributed by atoms with van der Waals surface area (Å²) in [4.78, 5) is 29.1. The number of rotatable bonds is 3. The molecule has 0 aliphatic carbocycles. The number of carbonyl (C=O) groups excluding carboxylic acids is 2. The fourth-order valence-electron chi connectivity index (χ4n) is 2.57. The number of nitrogens with zero attached hydrogens (tertiary/aromatic N) is 1. The molecule has 0 bridgehead atoms. The number of amides is 1. The van der Waals surface area contributed by atoms with Gasteiger partial charge in [0.05, 0.1) is 5.69 Å². The van der Waals surface area contributed by atoms with Gasteiger partial charge in [0.2, 0.25) is 0 Å². The Morgan fingerprint density at radius 2 is 1.74 bits per heavy atom. The summed E-state index contributed by atoms with van der Waals surface area (Å²) in [6.07, 6.45) is -0.792. The number of esters is 1. The van der Waals surface area contributed by atoms with E-state index in [1.54, 1.807) is 45.0 Å². The molecule has 0 radical (unpaired) electrons. The second-order valence-corrected chi connectivity index (χ2v) is 6.98. The summed E-state index contributed by atoms with van der Waals surface area (Å²) in [5.41, 5.74) is 0.607. The molecule has 7 heteroatoms. The monoisotopic (exact) mass is 370 g/mol. The van der Waals surface area contributed by atoms with Crippen molar-refractivity contribution in [3.8, 4) is 5.75 Å². The first-order chi connectivity index (χ1) is 12.7. The molecule has 0 aromatic heterocycles. The largest absolute Gasteiger partial charge is 0.455 e. The Morgan fingerprint density at radius 3 is 2.41 bits per heavy atom. The van der Waals surface area contributed by atoms with Crippen molar-refractivity contribution >= 4 is 23.5 Å². The molecule has 1 amide bonds. The smallest absolute Gasteiger partial charge is 0.413 e. The number of hydrogen-bond acceptors (Lipinski definition) is 5. The van der Waals surface area contributed by atoms with Crippen LogP contribution in [0, 0.1) is 5.82 Å². The van der Waals surface area contributed by atoms with Gasteiger partial charge in [-0.25, -0.2) is 19.0 Å². The van der Waals surface area contributed by atoms with Crippen LogP contribution in [-0.2, 0) is 9.53 Å². The van der Waals surface area contributed by atoms with Crippen molar-refractivity contribution in [3.05, 3.63) is 59.9 Å². The third-order valence-corrected chi connectivity index (χ3v) is 3.66. The van der Waals surface area contributed by atoms with E-state index in [0.717, 1.165) is 0 Å². The fourth-order valence-corrected chi connectivity index (χ4v) is 2.57. The van der Waals surface area contributed by atoms with E-state index in [-0.39, 0.29) is 11.5 Å². The average Bonchev–Trinajstić information content (AvgIpc) is 2.94. The Labute approximate surface area is 156 Å². The first-order valence-electron chi connectivity index (χ1n) is 8.38. The molecule has 0 spiro atoms. The zero-order chi connectivity index (χ0) is 19.6. The first-order valence-corrected chi connectivity index (χ1v) is 8.38. The molecule has 1 heterocycles. The van der Waals surface area contributed by atoms with Crippen LogP contribution < -0.4 is 10.1 Å². The van der Waals surface area contributed by atoms with Gasteiger partial charge < -0.3 is 14.8 Å². The van der Waals surface area contributed by atoms with Gasteiger partial charge in [-0.1, -0.05) is 18.2 Å². The second kappa shape index (κ2) is 7.19. The molecule has 0 fully saturated rings. The van der Waals surface area contributed by atoms with Crippen molar-refractivity contribution in [1.82, 2.24) is 5.32 Å². The highest BCUT2D eigenvalue weighted by atomic mass is 19.1. The third kappa shape index (κ3) is 4.49. The maximum absolute atomic E-state index is 13.0. The molecule has 0 saturated heterocycles. The number of carbonyl (C=O) groups is 2. The highest BCUT2D eigenvalue weighted by Gasteiger charge is 2.36. The van der Waals surface area contributed by atoms with Gasteiger partial charge in [-0.2, -0.15) is 0 Å². The van der Waals surface area contributed by atoms with Gasteiger partial charge in [0.15, 0.2) is 5.71 Å². The Bertz CT molecular complexity index is 901. The van der Waals surface area contributed by atoms with Gasteiger partial charge in [0.1, 0.15) is 23.2 Å². The number of benzene rings is 2. The van der Waals surface area contributed by atoms with E-state index in [0.29, 0.717) is 11.3 Å². The molecule has 1 N–H and O–H groups in total. The van der Waals surface area contributed by atoms with E-state index >= 15 is 0 Å². The summed E-state index contributed by atoms with van der Waals surface area (Å²) in [6, 6.07) is 11.3. The second-order valence-electron chi connectivity index (χ2n) is 6.98. The lowest BCUT2D eigenvalue weighted by molar-refractivity contribution is -0.146. The van der Waals surface area contributed by atoms with Crippen LogP contribution in [0.3, 0.4) is 0 Å². The average molecular weight is 370 g/mol. The van der Waals surface area contributed by atoms with Crippen LogP contribution in [0.5, 0.6) is 5.75 Å². The maximum Gasteiger partial charge on any atom is 0.413 e. The standard InChI is InChI=1S/C20H19FN2O4/c1-20(2,3)27-18(24)17-16(14-6-4-5-7-15(14)22-17)23-19(25)26-13-10-8-12(21)9-11-13/h4-11,16H,1-3H3,(H,23,25). The fraction of sp³-hybridized carbons (Fsp3) is 0.250. The predicted molar refractivity (Wildman–Crippen MR) is 97.7 cm³/mol. The van der Waals surface area contributed by atoms with E-state index in [2.05, 4.69) is 10.3 Å². The molecule has 2 aromatic rings. The molecule has 3 rings (SSSR count). The van der Waals surface area contributed by atoms with Crippen molar-refractivity contribution in [1.29, 1.82) is 0 Å². The molecule has 140 valence electrons. The topological polar surface area (TPSA) is 77.0 Å². The zero-order valence-corrected chi connectivity index (χ0v) is 15.2. The first kappa shape index (κ1) is 18.6. The number of hydrogen-bond donors (Lipinski definition) is 1. The molecule has 1 aliphatic rings. The van der Waals surface area contributed by atoms with Crippen molar-refractivity contribution in [3.63, 3.8) is 0 Å². The molecule has 1 atom stereocenters.